The van der Waals surface area contributed by atoms with E-state index in [0.29, 0.717) is 6.54 Å². The molecule has 0 aromatic carbocycles. The van der Waals surface area contributed by atoms with Crippen molar-refractivity contribution in [2.45, 2.75) is 25.8 Å². The van der Waals surface area contributed by atoms with Crippen LogP contribution in [0, 0.1) is 0 Å². The van der Waals surface area contributed by atoms with Gasteiger partial charge in [-0.25, -0.2) is 0 Å². The lowest BCUT2D eigenvalue weighted by molar-refractivity contribution is -0.138. The quantitative estimate of drug-likeness (QED) is 0.756. The molecule has 6 heteroatoms. The third-order valence-corrected chi connectivity index (χ3v) is 2.88. The van der Waals surface area contributed by atoms with Crippen molar-refractivity contribution in [2.24, 2.45) is 5.73 Å². The first kappa shape index (κ1) is 15.2. The zero-order valence-electron chi connectivity index (χ0n) is 9.81. The van der Waals surface area contributed by atoms with E-state index in [4.69, 9.17) is 5.73 Å². The predicted octanol–water partition coefficient (Wildman–Crippen LogP) is -0.164. The molecule has 0 spiro atoms. The number of likely N-dealkylation sites (tertiary alicyclic amines) is 1. The van der Waals surface area contributed by atoms with Crippen LogP contribution < -0.4 is 5.73 Å². The first-order chi connectivity index (χ1) is 7.06. The Morgan fingerprint density at radius 1 is 1.50 bits per heavy atom. The Kier molecular flexibility index (Phi) is 6.36. The number of hydrogen-bond donors (Lipinski definition) is 1. The number of nitrogens with two attached hydrogens (primary N) is 1. The smallest absolute Gasteiger partial charge is 0.242 e. The predicted molar refractivity (Wildman–Crippen MR) is 64.3 cm³/mol. The summed E-state index contributed by atoms with van der Waals surface area (Å²) in [4.78, 5) is 26.0. The van der Waals surface area contributed by atoms with E-state index < -0.39 is 0 Å². The molecule has 1 fully saturated rings. The third kappa shape index (κ3) is 3.64. The van der Waals surface area contributed by atoms with E-state index in [-0.39, 0.29) is 36.8 Å². The van der Waals surface area contributed by atoms with Gasteiger partial charge in [0.15, 0.2) is 0 Å². The SMILES string of the molecule is CC(=O)N(C)CC(=O)N1CCCC1CN.Cl. The van der Waals surface area contributed by atoms with Crippen molar-refractivity contribution in [1.82, 2.24) is 9.80 Å². The molecule has 2 amide bonds. The van der Waals surface area contributed by atoms with E-state index in [9.17, 15) is 9.59 Å². The molecule has 5 nitrogen and oxygen atoms in total. The Hall–Kier alpha value is -0.810. The summed E-state index contributed by atoms with van der Waals surface area (Å²) in [6.07, 6.45) is 1.99. The van der Waals surface area contributed by atoms with Crippen molar-refractivity contribution in [1.29, 1.82) is 0 Å². The molecular formula is C10H20ClN3O2. The summed E-state index contributed by atoms with van der Waals surface area (Å²) in [5.41, 5.74) is 5.58. The standard InChI is InChI=1S/C10H19N3O2.ClH/c1-8(14)12(2)7-10(15)13-5-3-4-9(13)6-11;/h9H,3-7,11H2,1-2H3;1H. The van der Waals surface area contributed by atoms with Gasteiger partial charge in [-0.2, -0.15) is 0 Å². The van der Waals surface area contributed by atoms with Gasteiger partial charge in [0.1, 0.15) is 0 Å². The average Bonchev–Trinajstić information content (AvgIpc) is 2.64. The minimum absolute atomic E-state index is 0. The van der Waals surface area contributed by atoms with Crippen molar-refractivity contribution in [3.63, 3.8) is 0 Å². The summed E-state index contributed by atoms with van der Waals surface area (Å²) >= 11 is 0. The first-order valence-corrected chi connectivity index (χ1v) is 5.27. The van der Waals surface area contributed by atoms with Gasteiger partial charge in [0.2, 0.25) is 11.8 Å². The van der Waals surface area contributed by atoms with Crippen LogP contribution in [0.25, 0.3) is 0 Å². The minimum Gasteiger partial charge on any atom is -0.337 e. The Morgan fingerprint density at radius 2 is 2.12 bits per heavy atom. The van der Waals surface area contributed by atoms with E-state index >= 15 is 0 Å². The van der Waals surface area contributed by atoms with E-state index in [1.54, 1.807) is 11.9 Å². The molecule has 0 aliphatic carbocycles. The van der Waals surface area contributed by atoms with Crippen LogP contribution in [0.2, 0.25) is 0 Å². The second-order valence-corrected chi connectivity index (χ2v) is 3.99. The second-order valence-electron chi connectivity index (χ2n) is 3.99. The Labute approximate surface area is 102 Å². The molecular weight excluding hydrogens is 230 g/mol. The molecule has 1 rings (SSSR count). The number of rotatable bonds is 3. The number of hydrogen-bond acceptors (Lipinski definition) is 3. The highest BCUT2D eigenvalue weighted by Crippen LogP contribution is 2.16. The summed E-state index contributed by atoms with van der Waals surface area (Å²) in [6, 6.07) is 0.165. The first-order valence-electron chi connectivity index (χ1n) is 5.27. The lowest BCUT2D eigenvalue weighted by atomic mass is 10.2. The number of nitrogens with zero attached hydrogens (tertiary/aromatic N) is 2. The topological polar surface area (TPSA) is 66.6 Å². The molecule has 0 aromatic rings. The van der Waals surface area contributed by atoms with Crippen LogP contribution in [-0.4, -0.2) is 54.3 Å². The van der Waals surface area contributed by atoms with Gasteiger partial charge in [0.25, 0.3) is 0 Å². The van der Waals surface area contributed by atoms with E-state index in [1.165, 1.54) is 11.8 Å². The molecule has 1 unspecified atom stereocenters. The van der Waals surface area contributed by atoms with Crippen molar-refractivity contribution in [2.75, 3.05) is 26.7 Å². The summed E-state index contributed by atoms with van der Waals surface area (Å²) in [6.45, 7) is 2.89. The second kappa shape index (κ2) is 6.70. The largest absolute Gasteiger partial charge is 0.337 e. The highest BCUT2D eigenvalue weighted by atomic mass is 35.5. The van der Waals surface area contributed by atoms with Gasteiger partial charge in [-0.3, -0.25) is 9.59 Å². The fourth-order valence-electron chi connectivity index (χ4n) is 1.81. The summed E-state index contributed by atoms with van der Waals surface area (Å²) in [5.74, 6) is -0.0903. The molecule has 94 valence electrons. The Morgan fingerprint density at radius 3 is 2.62 bits per heavy atom. The molecule has 0 aromatic heterocycles. The van der Waals surface area contributed by atoms with Gasteiger partial charge in [0, 0.05) is 33.1 Å². The van der Waals surface area contributed by atoms with E-state index in [2.05, 4.69) is 0 Å². The highest BCUT2D eigenvalue weighted by Gasteiger charge is 2.28. The van der Waals surface area contributed by atoms with Gasteiger partial charge in [-0.1, -0.05) is 0 Å². The molecule has 1 atom stereocenters. The maximum atomic E-state index is 11.8. The fraction of sp³-hybridized carbons (Fsp3) is 0.800. The van der Waals surface area contributed by atoms with Gasteiger partial charge < -0.3 is 15.5 Å². The number of likely N-dealkylation sites (N-methyl/N-ethyl adjacent to an activating group) is 1. The number of carbonyl (C=O) groups excluding carboxylic acids is 2. The van der Waals surface area contributed by atoms with Gasteiger partial charge in [-0.05, 0) is 12.8 Å². The monoisotopic (exact) mass is 249 g/mol. The molecule has 1 heterocycles. The van der Waals surface area contributed by atoms with Crippen LogP contribution in [0.15, 0.2) is 0 Å². The van der Waals surface area contributed by atoms with Crippen LogP contribution in [-0.2, 0) is 9.59 Å². The van der Waals surface area contributed by atoms with Crippen LogP contribution in [0.4, 0.5) is 0 Å². The van der Waals surface area contributed by atoms with Crippen molar-refractivity contribution in [3.05, 3.63) is 0 Å². The van der Waals surface area contributed by atoms with Crippen molar-refractivity contribution < 1.29 is 9.59 Å². The summed E-state index contributed by atoms with van der Waals surface area (Å²) in [5, 5.41) is 0. The van der Waals surface area contributed by atoms with E-state index in [0.717, 1.165) is 19.4 Å². The minimum atomic E-state index is -0.0909. The molecule has 16 heavy (non-hydrogen) atoms. The molecule has 1 aliphatic rings. The maximum absolute atomic E-state index is 11.8. The zero-order valence-corrected chi connectivity index (χ0v) is 10.6. The van der Waals surface area contributed by atoms with Crippen LogP contribution in [0.1, 0.15) is 19.8 Å². The Balaban J connectivity index is 0.00000225. The van der Waals surface area contributed by atoms with Crippen molar-refractivity contribution >= 4 is 24.2 Å². The lowest BCUT2D eigenvalue weighted by Gasteiger charge is -2.25. The lowest BCUT2D eigenvalue weighted by Crippen LogP contribution is -2.45. The Bertz CT molecular complexity index is 260. The van der Waals surface area contributed by atoms with Crippen LogP contribution in [0.3, 0.4) is 0 Å². The number of carbonyl (C=O) groups is 2. The third-order valence-electron chi connectivity index (χ3n) is 2.88. The van der Waals surface area contributed by atoms with Crippen LogP contribution >= 0.6 is 12.4 Å². The highest BCUT2D eigenvalue weighted by molar-refractivity contribution is 5.85. The number of amides is 2. The normalized spacial score (nSPS) is 19.2. The average molecular weight is 250 g/mol. The molecule has 0 bridgehead atoms. The van der Waals surface area contributed by atoms with Gasteiger partial charge >= 0.3 is 0 Å². The van der Waals surface area contributed by atoms with Gasteiger partial charge in [0.05, 0.1) is 6.54 Å². The van der Waals surface area contributed by atoms with Gasteiger partial charge in [-0.15, -0.1) is 12.4 Å². The molecule has 0 radical (unpaired) electrons. The fourth-order valence-corrected chi connectivity index (χ4v) is 1.81. The summed E-state index contributed by atoms with van der Waals surface area (Å²) in [7, 11) is 1.63. The summed E-state index contributed by atoms with van der Waals surface area (Å²) < 4.78 is 0. The number of halogens is 1. The molecule has 2 N–H and O–H groups in total. The van der Waals surface area contributed by atoms with Crippen molar-refractivity contribution in [3.8, 4) is 0 Å². The zero-order chi connectivity index (χ0) is 11.4. The maximum Gasteiger partial charge on any atom is 0.242 e. The molecule has 0 saturated carbocycles. The van der Waals surface area contributed by atoms with E-state index in [1.807, 2.05) is 0 Å². The van der Waals surface area contributed by atoms with Crippen LogP contribution in [0.5, 0.6) is 0 Å². The molecule has 1 aliphatic heterocycles. The molecule has 1 saturated heterocycles.